The van der Waals surface area contributed by atoms with Gasteiger partial charge in [0.2, 0.25) is 5.91 Å². The van der Waals surface area contributed by atoms with Crippen molar-refractivity contribution in [3.8, 4) is 0 Å². The topological polar surface area (TPSA) is 44.4 Å². The van der Waals surface area contributed by atoms with Gasteiger partial charge in [0, 0.05) is 25.2 Å². The highest BCUT2D eigenvalue weighted by molar-refractivity contribution is 5.82. The molecule has 0 bridgehead atoms. The van der Waals surface area contributed by atoms with Crippen LogP contribution in [0.3, 0.4) is 0 Å². The summed E-state index contributed by atoms with van der Waals surface area (Å²) in [4.78, 5) is 14.8. The summed E-state index contributed by atoms with van der Waals surface area (Å²) in [7, 11) is 0. The van der Waals surface area contributed by atoms with Crippen LogP contribution in [0.5, 0.6) is 0 Å². The lowest BCUT2D eigenvalue weighted by atomic mass is 9.92. The monoisotopic (exact) mass is 279 g/mol. The second-order valence-corrected chi connectivity index (χ2v) is 6.76. The molecule has 4 heteroatoms. The predicted molar refractivity (Wildman–Crippen MR) is 80.6 cm³/mol. The molecule has 3 fully saturated rings. The van der Waals surface area contributed by atoms with Crippen LogP contribution in [-0.4, -0.2) is 48.6 Å². The molecule has 114 valence electrons. The molecule has 1 amide bonds. The standard InChI is InChI=1S/C16H29N3O/c20-16(15-7-4-10-17-15)18-13-8-11-19(12-9-13)14-5-2-1-3-6-14/h13-15,17H,1-12H2,(H,18,20). The smallest absolute Gasteiger partial charge is 0.237 e. The highest BCUT2D eigenvalue weighted by Gasteiger charge is 2.29. The number of amides is 1. The number of carbonyl (C=O) groups excluding carboxylic acids is 1. The Morgan fingerprint density at radius 3 is 2.35 bits per heavy atom. The Kier molecular flexibility index (Phi) is 4.94. The quantitative estimate of drug-likeness (QED) is 0.826. The van der Waals surface area contributed by atoms with Crippen LogP contribution in [0, 0.1) is 0 Å². The SMILES string of the molecule is O=C(NC1CCN(C2CCCCC2)CC1)C1CCCN1. The van der Waals surface area contributed by atoms with Crippen LogP contribution in [0.15, 0.2) is 0 Å². The van der Waals surface area contributed by atoms with Crippen LogP contribution >= 0.6 is 0 Å². The maximum atomic E-state index is 12.1. The Morgan fingerprint density at radius 1 is 0.950 bits per heavy atom. The number of nitrogens with one attached hydrogen (secondary N) is 2. The van der Waals surface area contributed by atoms with Crippen molar-refractivity contribution >= 4 is 5.91 Å². The molecule has 1 atom stereocenters. The van der Waals surface area contributed by atoms with Crippen molar-refractivity contribution in [2.75, 3.05) is 19.6 Å². The van der Waals surface area contributed by atoms with Crippen molar-refractivity contribution in [2.24, 2.45) is 0 Å². The first-order valence-corrected chi connectivity index (χ1v) is 8.61. The molecule has 2 heterocycles. The van der Waals surface area contributed by atoms with E-state index in [2.05, 4.69) is 15.5 Å². The third-order valence-corrected chi connectivity index (χ3v) is 5.34. The van der Waals surface area contributed by atoms with Gasteiger partial charge in [0.15, 0.2) is 0 Å². The Morgan fingerprint density at radius 2 is 1.70 bits per heavy atom. The van der Waals surface area contributed by atoms with E-state index in [1.807, 2.05) is 0 Å². The van der Waals surface area contributed by atoms with Crippen molar-refractivity contribution in [3.63, 3.8) is 0 Å². The normalized spacial score (nSPS) is 30.5. The molecule has 3 aliphatic rings. The molecule has 0 aromatic heterocycles. The molecule has 0 radical (unpaired) electrons. The molecule has 0 aromatic rings. The number of rotatable bonds is 3. The van der Waals surface area contributed by atoms with Crippen molar-refractivity contribution in [2.45, 2.75) is 75.9 Å². The Hall–Kier alpha value is -0.610. The molecule has 1 aliphatic carbocycles. The van der Waals surface area contributed by atoms with Crippen molar-refractivity contribution in [3.05, 3.63) is 0 Å². The molecule has 2 aliphatic heterocycles. The largest absolute Gasteiger partial charge is 0.352 e. The zero-order chi connectivity index (χ0) is 13.8. The van der Waals surface area contributed by atoms with E-state index in [1.165, 1.54) is 45.2 Å². The molecule has 1 saturated carbocycles. The predicted octanol–water partition coefficient (Wildman–Crippen LogP) is 1.65. The zero-order valence-corrected chi connectivity index (χ0v) is 12.6. The van der Waals surface area contributed by atoms with E-state index in [1.54, 1.807) is 0 Å². The third-order valence-electron chi connectivity index (χ3n) is 5.34. The molecule has 4 nitrogen and oxygen atoms in total. The van der Waals surface area contributed by atoms with Crippen molar-refractivity contribution < 1.29 is 4.79 Å². The summed E-state index contributed by atoms with van der Waals surface area (Å²) in [5.74, 6) is 0.235. The summed E-state index contributed by atoms with van der Waals surface area (Å²) < 4.78 is 0. The van der Waals surface area contributed by atoms with E-state index >= 15 is 0 Å². The zero-order valence-electron chi connectivity index (χ0n) is 12.6. The molecule has 0 aromatic carbocycles. The molecule has 1 unspecified atom stereocenters. The molecule has 2 N–H and O–H groups in total. The van der Waals surface area contributed by atoms with Gasteiger partial charge >= 0.3 is 0 Å². The molecule has 0 spiro atoms. The molecule has 2 saturated heterocycles. The second kappa shape index (κ2) is 6.90. The van der Waals surface area contributed by atoms with E-state index < -0.39 is 0 Å². The highest BCUT2D eigenvalue weighted by Crippen LogP contribution is 2.25. The first-order chi connectivity index (χ1) is 9.83. The fourth-order valence-corrected chi connectivity index (χ4v) is 4.07. The molecule has 20 heavy (non-hydrogen) atoms. The minimum atomic E-state index is 0.0753. The fraction of sp³-hybridized carbons (Fsp3) is 0.938. The van der Waals surface area contributed by atoms with Gasteiger partial charge < -0.3 is 15.5 Å². The summed E-state index contributed by atoms with van der Waals surface area (Å²) in [5.41, 5.74) is 0. The number of likely N-dealkylation sites (tertiary alicyclic amines) is 1. The minimum Gasteiger partial charge on any atom is -0.352 e. The van der Waals surface area contributed by atoms with Gasteiger partial charge in [-0.15, -0.1) is 0 Å². The second-order valence-electron chi connectivity index (χ2n) is 6.76. The highest BCUT2D eigenvalue weighted by atomic mass is 16.2. The molecular formula is C16H29N3O. The van der Waals surface area contributed by atoms with E-state index in [0.29, 0.717) is 6.04 Å². The minimum absolute atomic E-state index is 0.0753. The van der Waals surface area contributed by atoms with Crippen LogP contribution in [0.4, 0.5) is 0 Å². The van der Waals surface area contributed by atoms with Gasteiger partial charge in [-0.2, -0.15) is 0 Å². The number of hydrogen-bond donors (Lipinski definition) is 2. The van der Waals surface area contributed by atoms with Gasteiger partial charge in [0.1, 0.15) is 0 Å². The van der Waals surface area contributed by atoms with E-state index in [4.69, 9.17) is 0 Å². The fourth-order valence-electron chi connectivity index (χ4n) is 4.07. The maximum absolute atomic E-state index is 12.1. The van der Waals surface area contributed by atoms with Crippen LogP contribution in [0.2, 0.25) is 0 Å². The summed E-state index contributed by atoms with van der Waals surface area (Å²) in [5, 5.41) is 6.54. The number of nitrogens with zero attached hydrogens (tertiary/aromatic N) is 1. The van der Waals surface area contributed by atoms with Gasteiger partial charge in [-0.25, -0.2) is 0 Å². The summed E-state index contributed by atoms with van der Waals surface area (Å²) in [6, 6.07) is 1.31. The van der Waals surface area contributed by atoms with E-state index in [0.717, 1.165) is 38.3 Å². The van der Waals surface area contributed by atoms with Crippen LogP contribution < -0.4 is 10.6 Å². The average molecular weight is 279 g/mol. The summed E-state index contributed by atoms with van der Waals surface area (Å²) in [6.07, 6.45) is 11.4. The number of carbonyl (C=O) groups is 1. The lowest BCUT2D eigenvalue weighted by molar-refractivity contribution is -0.123. The Labute approximate surface area is 122 Å². The summed E-state index contributed by atoms with van der Waals surface area (Å²) >= 11 is 0. The Bertz CT molecular complexity index is 314. The van der Waals surface area contributed by atoms with Gasteiger partial charge in [-0.1, -0.05) is 19.3 Å². The van der Waals surface area contributed by atoms with Crippen LogP contribution in [0.25, 0.3) is 0 Å². The van der Waals surface area contributed by atoms with E-state index in [-0.39, 0.29) is 11.9 Å². The van der Waals surface area contributed by atoms with Gasteiger partial charge in [-0.3, -0.25) is 4.79 Å². The van der Waals surface area contributed by atoms with Crippen LogP contribution in [0.1, 0.15) is 57.8 Å². The Balaban J connectivity index is 1.40. The lowest BCUT2D eigenvalue weighted by Crippen LogP contribution is -2.51. The van der Waals surface area contributed by atoms with Gasteiger partial charge in [0.05, 0.1) is 6.04 Å². The van der Waals surface area contributed by atoms with Crippen molar-refractivity contribution in [1.29, 1.82) is 0 Å². The number of piperidine rings is 1. The van der Waals surface area contributed by atoms with Gasteiger partial charge in [0.25, 0.3) is 0 Å². The van der Waals surface area contributed by atoms with Crippen molar-refractivity contribution in [1.82, 2.24) is 15.5 Å². The molecule has 3 rings (SSSR count). The van der Waals surface area contributed by atoms with Crippen LogP contribution in [-0.2, 0) is 4.79 Å². The third kappa shape index (κ3) is 3.53. The maximum Gasteiger partial charge on any atom is 0.237 e. The van der Waals surface area contributed by atoms with Gasteiger partial charge in [-0.05, 0) is 45.1 Å². The summed E-state index contributed by atoms with van der Waals surface area (Å²) in [6.45, 7) is 3.35. The average Bonchev–Trinajstić information content (AvgIpc) is 3.03. The lowest BCUT2D eigenvalue weighted by Gasteiger charge is -2.39. The first kappa shape index (κ1) is 14.3. The number of hydrogen-bond acceptors (Lipinski definition) is 3. The van der Waals surface area contributed by atoms with E-state index in [9.17, 15) is 4.79 Å². The molecular weight excluding hydrogens is 250 g/mol. The first-order valence-electron chi connectivity index (χ1n) is 8.61.